The van der Waals surface area contributed by atoms with Gasteiger partial charge in [0, 0.05) is 25.0 Å². The van der Waals surface area contributed by atoms with Gasteiger partial charge in [-0.05, 0) is 17.7 Å². The van der Waals surface area contributed by atoms with Gasteiger partial charge in [0.25, 0.3) is 0 Å². The van der Waals surface area contributed by atoms with Crippen molar-refractivity contribution in [2.24, 2.45) is 11.7 Å². The average Bonchev–Trinajstić information content (AvgIpc) is 2.01. The summed E-state index contributed by atoms with van der Waals surface area (Å²) in [6, 6.07) is 6.51. The summed E-state index contributed by atoms with van der Waals surface area (Å²) in [6.07, 6.45) is 0. The summed E-state index contributed by atoms with van der Waals surface area (Å²) in [7, 11) is 0. The predicted octanol–water partition coefficient (Wildman–Crippen LogP) is 1.04. The first-order valence-corrected chi connectivity index (χ1v) is 4.49. The van der Waals surface area contributed by atoms with Crippen LogP contribution in [-0.2, 0) is 0 Å². The Hall–Kier alpha value is -0.930. The van der Waals surface area contributed by atoms with E-state index in [1.807, 2.05) is 6.07 Å². The van der Waals surface area contributed by atoms with Crippen molar-refractivity contribution in [3.63, 3.8) is 0 Å². The monoisotopic (exact) mass is 180 g/mol. The van der Waals surface area contributed by atoms with Gasteiger partial charge in [-0.25, -0.2) is 4.39 Å². The van der Waals surface area contributed by atoms with E-state index in [1.165, 1.54) is 12.1 Å². The minimum Gasteiger partial charge on any atom is -0.324 e. The Labute approximate surface area is 76.9 Å². The van der Waals surface area contributed by atoms with E-state index in [2.05, 4.69) is 5.32 Å². The summed E-state index contributed by atoms with van der Waals surface area (Å²) < 4.78 is 12.8. The third-order valence-electron chi connectivity index (χ3n) is 2.55. The fraction of sp³-hybridized carbons (Fsp3) is 0.400. The van der Waals surface area contributed by atoms with Crippen molar-refractivity contribution in [3.8, 4) is 0 Å². The van der Waals surface area contributed by atoms with Crippen LogP contribution in [0.15, 0.2) is 24.3 Å². The van der Waals surface area contributed by atoms with E-state index in [1.54, 1.807) is 6.07 Å². The molecule has 1 unspecified atom stereocenters. The molecular weight excluding hydrogens is 167 g/mol. The molecule has 13 heavy (non-hydrogen) atoms. The topological polar surface area (TPSA) is 38.0 Å². The molecule has 1 fully saturated rings. The highest BCUT2D eigenvalue weighted by molar-refractivity contribution is 5.21. The summed E-state index contributed by atoms with van der Waals surface area (Å²) in [5.41, 5.74) is 6.86. The maximum atomic E-state index is 12.8. The lowest BCUT2D eigenvalue weighted by molar-refractivity contribution is 0.294. The molecule has 2 nitrogen and oxygen atoms in total. The molecule has 0 bridgehead atoms. The molecule has 2 rings (SSSR count). The van der Waals surface area contributed by atoms with Gasteiger partial charge in [-0.2, -0.15) is 0 Å². The largest absolute Gasteiger partial charge is 0.324 e. The highest BCUT2D eigenvalue weighted by Gasteiger charge is 2.25. The van der Waals surface area contributed by atoms with Crippen molar-refractivity contribution >= 4 is 0 Å². The van der Waals surface area contributed by atoms with Gasteiger partial charge in [0.15, 0.2) is 0 Å². The molecule has 0 radical (unpaired) electrons. The number of nitrogens with two attached hydrogens (primary N) is 1. The molecule has 0 aliphatic carbocycles. The normalized spacial score (nSPS) is 19.5. The second-order valence-electron chi connectivity index (χ2n) is 3.50. The minimum absolute atomic E-state index is 0.0306. The van der Waals surface area contributed by atoms with Crippen LogP contribution in [0.3, 0.4) is 0 Å². The van der Waals surface area contributed by atoms with Crippen molar-refractivity contribution in [2.45, 2.75) is 6.04 Å². The molecule has 1 aromatic rings. The Morgan fingerprint density at radius 2 is 2.23 bits per heavy atom. The highest BCUT2D eigenvalue weighted by atomic mass is 19.1. The fourth-order valence-electron chi connectivity index (χ4n) is 1.55. The van der Waals surface area contributed by atoms with Crippen molar-refractivity contribution in [1.29, 1.82) is 0 Å². The molecule has 1 aliphatic rings. The van der Waals surface area contributed by atoms with Crippen molar-refractivity contribution in [2.75, 3.05) is 13.1 Å². The zero-order chi connectivity index (χ0) is 9.26. The quantitative estimate of drug-likeness (QED) is 0.713. The molecule has 3 heteroatoms. The van der Waals surface area contributed by atoms with Crippen LogP contribution < -0.4 is 11.1 Å². The van der Waals surface area contributed by atoms with Crippen LogP contribution in [0.2, 0.25) is 0 Å². The van der Waals surface area contributed by atoms with Crippen LogP contribution >= 0.6 is 0 Å². The summed E-state index contributed by atoms with van der Waals surface area (Å²) in [5, 5.41) is 3.15. The van der Waals surface area contributed by atoms with E-state index in [0.717, 1.165) is 18.7 Å². The molecular formula is C10H13FN2. The standard InChI is InChI=1S/C10H13FN2/c11-9-3-1-2-7(4-9)10(12)8-5-13-6-8/h1-4,8,10,13H,5-6,12H2. The van der Waals surface area contributed by atoms with Gasteiger partial charge in [-0.15, -0.1) is 0 Å². The zero-order valence-electron chi connectivity index (χ0n) is 7.33. The van der Waals surface area contributed by atoms with Gasteiger partial charge in [-0.3, -0.25) is 0 Å². The van der Waals surface area contributed by atoms with E-state index in [0.29, 0.717) is 5.92 Å². The molecule has 1 heterocycles. The fourth-order valence-corrected chi connectivity index (χ4v) is 1.55. The molecule has 0 amide bonds. The number of benzene rings is 1. The molecule has 0 saturated carbocycles. The smallest absolute Gasteiger partial charge is 0.123 e. The maximum Gasteiger partial charge on any atom is 0.123 e. The van der Waals surface area contributed by atoms with Gasteiger partial charge in [0.05, 0.1) is 0 Å². The first-order chi connectivity index (χ1) is 6.27. The lowest BCUT2D eigenvalue weighted by Crippen LogP contribution is -2.47. The highest BCUT2D eigenvalue weighted by Crippen LogP contribution is 2.22. The summed E-state index contributed by atoms with van der Waals surface area (Å²) in [6.45, 7) is 1.88. The number of hydrogen-bond acceptors (Lipinski definition) is 2. The number of halogens is 1. The van der Waals surface area contributed by atoms with Gasteiger partial charge in [0.2, 0.25) is 0 Å². The molecule has 0 spiro atoms. The number of rotatable bonds is 2. The Kier molecular flexibility index (Phi) is 2.29. The molecule has 3 N–H and O–H groups in total. The Bertz CT molecular complexity index is 297. The van der Waals surface area contributed by atoms with Crippen LogP contribution in [0.25, 0.3) is 0 Å². The van der Waals surface area contributed by atoms with Gasteiger partial charge in [-0.1, -0.05) is 12.1 Å². The average molecular weight is 180 g/mol. The van der Waals surface area contributed by atoms with E-state index in [9.17, 15) is 4.39 Å². The van der Waals surface area contributed by atoms with Crippen LogP contribution in [0.5, 0.6) is 0 Å². The SMILES string of the molecule is NC(c1cccc(F)c1)C1CNC1. The number of nitrogens with one attached hydrogen (secondary N) is 1. The van der Waals surface area contributed by atoms with E-state index >= 15 is 0 Å². The maximum absolute atomic E-state index is 12.8. The number of hydrogen-bond donors (Lipinski definition) is 2. The Morgan fingerprint density at radius 1 is 1.46 bits per heavy atom. The molecule has 1 aliphatic heterocycles. The molecule has 70 valence electrons. The second-order valence-corrected chi connectivity index (χ2v) is 3.50. The van der Waals surface area contributed by atoms with E-state index in [-0.39, 0.29) is 11.9 Å². The Morgan fingerprint density at radius 3 is 2.77 bits per heavy atom. The lowest BCUT2D eigenvalue weighted by atomic mass is 9.89. The molecule has 0 aromatic heterocycles. The predicted molar refractivity (Wildman–Crippen MR) is 49.7 cm³/mol. The summed E-state index contributed by atoms with van der Waals surface area (Å²) in [4.78, 5) is 0. The first-order valence-electron chi connectivity index (χ1n) is 4.49. The molecule has 1 aromatic carbocycles. The van der Waals surface area contributed by atoms with E-state index in [4.69, 9.17) is 5.73 Å². The van der Waals surface area contributed by atoms with Gasteiger partial charge >= 0.3 is 0 Å². The third-order valence-corrected chi connectivity index (χ3v) is 2.55. The minimum atomic E-state index is -0.208. The Balaban J connectivity index is 2.14. The van der Waals surface area contributed by atoms with Gasteiger partial charge in [0.1, 0.15) is 5.82 Å². The van der Waals surface area contributed by atoms with Crippen LogP contribution in [0.1, 0.15) is 11.6 Å². The van der Waals surface area contributed by atoms with Crippen molar-refractivity contribution < 1.29 is 4.39 Å². The van der Waals surface area contributed by atoms with Crippen LogP contribution in [-0.4, -0.2) is 13.1 Å². The molecule has 1 atom stereocenters. The first kappa shape index (κ1) is 8.66. The van der Waals surface area contributed by atoms with Crippen LogP contribution in [0.4, 0.5) is 4.39 Å². The van der Waals surface area contributed by atoms with E-state index < -0.39 is 0 Å². The lowest BCUT2D eigenvalue weighted by Gasteiger charge is -2.32. The summed E-state index contributed by atoms with van der Waals surface area (Å²) in [5.74, 6) is 0.252. The third kappa shape index (κ3) is 1.71. The zero-order valence-corrected chi connectivity index (χ0v) is 7.33. The van der Waals surface area contributed by atoms with Crippen molar-refractivity contribution in [1.82, 2.24) is 5.32 Å². The molecule has 1 saturated heterocycles. The second kappa shape index (κ2) is 3.44. The van der Waals surface area contributed by atoms with Gasteiger partial charge < -0.3 is 11.1 Å². The summed E-state index contributed by atoms with van der Waals surface area (Å²) >= 11 is 0. The van der Waals surface area contributed by atoms with Crippen molar-refractivity contribution in [3.05, 3.63) is 35.6 Å². The van der Waals surface area contributed by atoms with Crippen LogP contribution in [0, 0.1) is 11.7 Å².